The summed E-state index contributed by atoms with van der Waals surface area (Å²) in [7, 11) is 1.66. The summed E-state index contributed by atoms with van der Waals surface area (Å²) >= 11 is 3.50. The molecule has 27 heavy (non-hydrogen) atoms. The highest BCUT2D eigenvalue weighted by Gasteiger charge is 2.07. The first-order chi connectivity index (χ1) is 13.2. The molecule has 3 aromatic carbocycles. The van der Waals surface area contributed by atoms with Crippen molar-refractivity contribution >= 4 is 15.9 Å². The van der Waals surface area contributed by atoms with Gasteiger partial charge in [0, 0.05) is 28.7 Å². The first-order valence-corrected chi connectivity index (χ1v) is 9.43. The minimum atomic E-state index is -0.256. The van der Waals surface area contributed by atoms with Crippen LogP contribution in [0.25, 0.3) is 0 Å². The van der Waals surface area contributed by atoms with E-state index in [-0.39, 0.29) is 12.4 Å². The lowest BCUT2D eigenvalue weighted by molar-refractivity contribution is 0.296. The second-order valence-corrected chi connectivity index (χ2v) is 7.00. The molecule has 0 saturated carbocycles. The van der Waals surface area contributed by atoms with Gasteiger partial charge in [0.25, 0.3) is 0 Å². The molecule has 5 heteroatoms. The van der Waals surface area contributed by atoms with Gasteiger partial charge in [0.2, 0.25) is 0 Å². The summed E-state index contributed by atoms with van der Waals surface area (Å²) in [6.07, 6.45) is 0. The lowest BCUT2D eigenvalue weighted by atomic mass is 10.1. The molecule has 0 spiro atoms. The molecular formula is C22H21BrFNO2. The molecule has 0 aromatic heterocycles. The number of hydrogen-bond acceptors (Lipinski definition) is 3. The fraction of sp³-hybridized carbons (Fsp3) is 0.182. The second-order valence-electron chi connectivity index (χ2n) is 6.08. The predicted octanol–water partition coefficient (Wildman–Crippen LogP) is 5.47. The molecule has 3 nitrogen and oxygen atoms in total. The fourth-order valence-corrected chi connectivity index (χ4v) is 3.09. The fourth-order valence-electron chi connectivity index (χ4n) is 2.68. The Morgan fingerprint density at radius 1 is 0.926 bits per heavy atom. The highest BCUT2D eigenvalue weighted by molar-refractivity contribution is 9.10. The van der Waals surface area contributed by atoms with Crippen LogP contribution in [0.5, 0.6) is 11.5 Å². The van der Waals surface area contributed by atoms with Crippen LogP contribution in [0.2, 0.25) is 0 Å². The number of benzene rings is 3. The lowest BCUT2D eigenvalue weighted by Gasteiger charge is -2.13. The van der Waals surface area contributed by atoms with Gasteiger partial charge in [-0.15, -0.1) is 0 Å². The Morgan fingerprint density at radius 2 is 1.70 bits per heavy atom. The minimum absolute atomic E-state index is 0.194. The normalized spacial score (nSPS) is 10.6. The van der Waals surface area contributed by atoms with Crippen molar-refractivity contribution in [3.05, 3.63) is 93.7 Å². The third kappa shape index (κ3) is 5.55. The molecule has 0 aliphatic rings. The quantitative estimate of drug-likeness (QED) is 0.515. The van der Waals surface area contributed by atoms with E-state index in [9.17, 15) is 4.39 Å². The van der Waals surface area contributed by atoms with Gasteiger partial charge in [-0.05, 0) is 42.0 Å². The summed E-state index contributed by atoms with van der Waals surface area (Å²) in [4.78, 5) is 0. The van der Waals surface area contributed by atoms with Crippen LogP contribution in [-0.4, -0.2) is 7.11 Å². The molecular weight excluding hydrogens is 409 g/mol. The monoisotopic (exact) mass is 429 g/mol. The number of methoxy groups -OCH3 is 1. The molecule has 140 valence electrons. The van der Waals surface area contributed by atoms with Gasteiger partial charge in [-0.1, -0.05) is 46.3 Å². The van der Waals surface area contributed by atoms with Crippen LogP contribution in [0, 0.1) is 5.82 Å². The van der Waals surface area contributed by atoms with Gasteiger partial charge in [0.1, 0.15) is 23.9 Å². The summed E-state index contributed by atoms with van der Waals surface area (Å²) in [6, 6.07) is 20.4. The van der Waals surface area contributed by atoms with Crippen LogP contribution in [0.15, 0.2) is 71.2 Å². The summed E-state index contributed by atoms with van der Waals surface area (Å²) in [6.45, 7) is 1.56. The Hall–Kier alpha value is -2.37. The maximum atomic E-state index is 13.8. The van der Waals surface area contributed by atoms with Crippen molar-refractivity contribution in [2.45, 2.75) is 19.7 Å². The van der Waals surface area contributed by atoms with Crippen LogP contribution < -0.4 is 14.8 Å². The van der Waals surface area contributed by atoms with Crippen molar-refractivity contribution in [1.82, 2.24) is 5.32 Å². The van der Waals surface area contributed by atoms with Crippen molar-refractivity contribution < 1.29 is 13.9 Å². The Labute approximate surface area is 167 Å². The van der Waals surface area contributed by atoms with Crippen LogP contribution in [0.4, 0.5) is 4.39 Å². The van der Waals surface area contributed by atoms with Gasteiger partial charge in [0.15, 0.2) is 0 Å². The molecule has 0 saturated heterocycles. The highest BCUT2D eigenvalue weighted by atomic mass is 79.9. The molecule has 1 N–H and O–H groups in total. The van der Waals surface area contributed by atoms with Gasteiger partial charge in [-0.25, -0.2) is 4.39 Å². The zero-order valence-electron chi connectivity index (χ0n) is 15.0. The first kappa shape index (κ1) is 19.4. The number of rotatable bonds is 8. The van der Waals surface area contributed by atoms with E-state index >= 15 is 0 Å². The van der Waals surface area contributed by atoms with E-state index < -0.39 is 0 Å². The largest absolute Gasteiger partial charge is 0.497 e. The average Bonchev–Trinajstić information content (AvgIpc) is 2.69. The highest BCUT2D eigenvalue weighted by Crippen LogP contribution is 2.24. The summed E-state index contributed by atoms with van der Waals surface area (Å²) < 4.78 is 25.8. The second kappa shape index (κ2) is 9.53. The SMILES string of the molecule is COc1ccc(CNCc2cc(Br)ccc2OCc2ccccc2F)cc1. The Kier molecular flexibility index (Phi) is 6.85. The molecule has 0 fully saturated rings. The number of ether oxygens (including phenoxy) is 2. The number of halogens is 2. The van der Waals surface area contributed by atoms with E-state index in [0.29, 0.717) is 12.1 Å². The van der Waals surface area contributed by atoms with Gasteiger partial charge in [-0.2, -0.15) is 0 Å². The van der Waals surface area contributed by atoms with Gasteiger partial charge in [0.05, 0.1) is 7.11 Å². The molecule has 0 heterocycles. The maximum absolute atomic E-state index is 13.8. The van der Waals surface area contributed by atoms with Gasteiger partial charge in [-0.3, -0.25) is 0 Å². The summed E-state index contributed by atoms with van der Waals surface area (Å²) in [5, 5.41) is 3.42. The van der Waals surface area contributed by atoms with Crippen LogP contribution >= 0.6 is 15.9 Å². The van der Waals surface area contributed by atoms with E-state index in [0.717, 1.165) is 28.1 Å². The topological polar surface area (TPSA) is 30.5 Å². The average molecular weight is 430 g/mol. The molecule has 0 unspecified atom stereocenters. The Bertz CT molecular complexity index is 884. The van der Waals surface area contributed by atoms with Crippen LogP contribution in [0.3, 0.4) is 0 Å². The molecule has 0 atom stereocenters. The van der Waals surface area contributed by atoms with Crippen molar-refractivity contribution in [1.29, 1.82) is 0 Å². The Morgan fingerprint density at radius 3 is 2.44 bits per heavy atom. The van der Waals surface area contributed by atoms with Crippen molar-refractivity contribution in [2.24, 2.45) is 0 Å². The van der Waals surface area contributed by atoms with E-state index in [1.165, 1.54) is 11.6 Å². The van der Waals surface area contributed by atoms with E-state index in [1.807, 2.05) is 42.5 Å². The zero-order chi connectivity index (χ0) is 19.1. The number of hydrogen-bond donors (Lipinski definition) is 1. The standard InChI is InChI=1S/C22H21BrFNO2/c1-26-20-9-6-16(7-10-20)13-25-14-18-12-19(23)8-11-22(18)27-15-17-4-2-3-5-21(17)24/h2-12,25H,13-15H2,1H3. The van der Waals surface area contributed by atoms with Crippen molar-refractivity contribution in [3.8, 4) is 11.5 Å². The smallest absolute Gasteiger partial charge is 0.129 e. The van der Waals surface area contributed by atoms with Crippen molar-refractivity contribution in [2.75, 3.05) is 7.11 Å². The molecule has 0 radical (unpaired) electrons. The summed E-state index contributed by atoms with van der Waals surface area (Å²) in [5.41, 5.74) is 2.71. The van der Waals surface area contributed by atoms with Crippen LogP contribution in [-0.2, 0) is 19.7 Å². The lowest BCUT2D eigenvalue weighted by Crippen LogP contribution is -2.13. The summed E-state index contributed by atoms with van der Waals surface area (Å²) in [5.74, 6) is 1.33. The molecule has 3 aromatic rings. The first-order valence-electron chi connectivity index (χ1n) is 8.64. The minimum Gasteiger partial charge on any atom is -0.497 e. The van der Waals surface area contributed by atoms with E-state index in [1.54, 1.807) is 25.3 Å². The zero-order valence-corrected chi connectivity index (χ0v) is 16.6. The molecule has 3 rings (SSSR count). The van der Waals surface area contributed by atoms with Crippen LogP contribution in [0.1, 0.15) is 16.7 Å². The molecule has 0 aliphatic heterocycles. The van der Waals surface area contributed by atoms with Gasteiger partial charge < -0.3 is 14.8 Å². The van der Waals surface area contributed by atoms with Gasteiger partial charge >= 0.3 is 0 Å². The third-order valence-corrected chi connectivity index (χ3v) is 4.66. The predicted molar refractivity (Wildman–Crippen MR) is 108 cm³/mol. The maximum Gasteiger partial charge on any atom is 0.129 e. The number of nitrogens with one attached hydrogen (secondary N) is 1. The molecule has 0 amide bonds. The molecule has 0 aliphatic carbocycles. The van der Waals surface area contributed by atoms with Crippen molar-refractivity contribution in [3.63, 3.8) is 0 Å². The van der Waals surface area contributed by atoms with E-state index in [4.69, 9.17) is 9.47 Å². The molecule has 0 bridgehead atoms. The van der Waals surface area contributed by atoms with E-state index in [2.05, 4.69) is 21.2 Å². The Balaban J connectivity index is 1.62. The third-order valence-electron chi connectivity index (χ3n) is 4.17.